The van der Waals surface area contributed by atoms with E-state index in [4.69, 9.17) is 21.7 Å². The minimum Gasteiger partial charge on any atom is -0.497 e. The molecule has 7 heteroatoms. The zero-order chi connectivity index (χ0) is 18.4. The van der Waals surface area contributed by atoms with Crippen LogP contribution in [0.3, 0.4) is 0 Å². The summed E-state index contributed by atoms with van der Waals surface area (Å²) in [5.41, 5.74) is 0.831. The van der Waals surface area contributed by atoms with E-state index in [-0.39, 0.29) is 0 Å². The van der Waals surface area contributed by atoms with E-state index in [2.05, 4.69) is 32.6 Å². The average Bonchev–Trinajstić information content (AvgIpc) is 3.20. The highest BCUT2D eigenvalue weighted by molar-refractivity contribution is 7.80. The molecule has 1 fully saturated rings. The lowest BCUT2D eigenvalue weighted by atomic mass is 10.2. The maximum atomic E-state index is 5.61. The minimum absolute atomic E-state index is 0.731. The summed E-state index contributed by atoms with van der Waals surface area (Å²) in [6, 6.07) is 9.99. The molecule has 2 heterocycles. The Morgan fingerprint density at radius 1 is 1.15 bits per heavy atom. The summed E-state index contributed by atoms with van der Waals surface area (Å²) in [4.78, 5) is 6.18. The molecular formula is C19H25N3O2S2. The van der Waals surface area contributed by atoms with Gasteiger partial charge in [-0.05, 0) is 42.2 Å². The first kappa shape index (κ1) is 18.9. The molecule has 3 rings (SSSR count). The Bertz CT molecular complexity index is 714. The van der Waals surface area contributed by atoms with E-state index < -0.39 is 0 Å². The molecule has 2 aromatic rings. The Morgan fingerprint density at radius 2 is 1.96 bits per heavy atom. The number of anilines is 1. The summed E-state index contributed by atoms with van der Waals surface area (Å²) < 4.78 is 10.7. The van der Waals surface area contributed by atoms with Crippen LogP contribution in [0, 0.1) is 0 Å². The van der Waals surface area contributed by atoms with Crippen molar-refractivity contribution in [3.05, 3.63) is 40.6 Å². The molecular weight excluding hydrogens is 366 g/mol. The van der Waals surface area contributed by atoms with Gasteiger partial charge in [-0.25, -0.2) is 0 Å². The van der Waals surface area contributed by atoms with Gasteiger partial charge in [0, 0.05) is 43.7 Å². The smallest absolute Gasteiger partial charge is 0.173 e. The molecule has 0 saturated carbocycles. The van der Waals surface area contributed by atoms with Crippen molar-refractivity contribution < 1.29 is 9.47 Å². The van der Waals surface area contributed by atoms with Gasteiger partial charge in [0.15, 0.2) is 5.11 Å². The maximum absolute atomic E-state index is 5.61. The van der Waals surface area contributed by atoms with Crippen LogP contribution >= 0.6 is 23.6 Å². The molecule has 26 heavy (non-hydrogen) atoms. The van der Waals surface area contributed by atoms with E-state index >= 15 is 0 Å². The summed E-state index contributed by atoms with van der Waals surface area (Å²) in [6.07, 6.45) is 1.13. The van der Waals surface area contributed by atoms with E-state index in [1.54, 1.807) is 14.2 Å². The Morgan fingerprint density at radius 3 is 2.62 bits per heavy atom. The van der Waals surface area contributed by atoms with Crippen molar-refractivity contribution in [2.45, 2.75) is 6.42 Å². The van der Waals surface area contributed by atoms with Crippen molar-refractivity contribution in [3.8, 4) is 11.5 Å². The maximum Gasteiger partial charge on any atom is 0.173 e. The number of nitrogens with one attached hydrogen (secondary N) is 1. The number of ether oxygens (including phenoxy) is 2. The number of benzene rings is 1. The molecule has 1 saturated heterocycles. The van der Waals surface area contributed by atoms with Crippen LogP contribution in [0.5, 0.6) is 11.5 Å². The van der Waals surface area contributed by atoms with Gasteiger partial charge < -0.3 is 19.7 Å². The fraction of sp³-hybridized carbons (Fsp3) is 0.421. The topological polar surface area (TPSA) is 37.0 Å². The third kappa shape index (κ3) is 4.87. The van der Waals surface area contributed by atoms with E-state index in [9.17, 15) is 0 Å². The lowest BCUT2D eigenvalue weighted by Gasteiger charge is -2.36. The summed E-state index contributed by atoms with van der Waals surface area (Å²) in [6.45, 7) is 5.04. The molecule has 1 aromatic carbocycles. The molecule has 0 bridgehead atoms. The molecule has 5 nitrogen and oxygen atoms in total. The van der Waals surface area contributed by atoms with Crippen LogP contribution in [0.2, 0.25) is 0 Å². The van der Waals surface area contributed by atoms with Gasteiger partial charge in [0.2, 0.25) is 0 Å². The number of thiophene rings is 1. The largest absolute Gasteiger partial charge is 0.497 e. The van der Waals surface area contributed by atoms with Gasteiger partial charge >= 0.3 is 0 Å². The molecule has 0 amide bonds. The van der Waals surface area contributed by atoms with E-state index in [1.807, 2.05) is 29.5 Å². The number of piperazine rings is 1. The summed E-state index contributed by atoms with van der Waals surface area (Å²) in [5.74, 6) is 1.53. The van der Waals surface area contributed by atoms with Crippen molar-refractivity contribution >= 4 is 34.4 Å². The molecule has 1 aliphatic rings. The fourth-order valence-corrected chi connectivity index (χ4v) is 3.99. The van der Waals surface area contributed by atoms with Gasteiger partial charge in [-0.15, -0.1) is 11.3 Å². The van der Waals surface area contributed by atoms with E-state index in [0.29, 0.717) is 0 Å². The lowest BCUT2D eigenvalue weighted by molar-refractivity contribution is 0.186. The van der Waals surface area contributed by atoms with E-state index in [1.165, 1.54) is 4.88 Å². The van der Waals surface area contributed by atoms with Gasteiger partial charge in [0.1, 0.15) is 11.5 Å². The number of nitrogens with zero attached hydrogens (tertiary/aromatic N) is 2. The second kappa shape index (κ2) is 9.21. The van der Waals surface area contributed by atoms with Crippen molar-refractivity contribution in [2.24, 2.45) is 0 Å². The van der Waals surface area contributed by atoms with Gasteiger partial charge in [0.25, 0.3) is 0 Å². The molecule has 1 N–H and O–H groups in total. The Balaban J connectivity index is 1.50. The molecule has 1 aliphatic heterocycles. The van der Waals surface area contributed by atoms with Crippen molar-refractivity contribution in [1.29, 1.82) is 0 Å². The van der Waals surface area contributed by atoms with Crippen molar-refractivity contribution in [3.63, 3.8) is 0 Å². The third-order valence-corrected chi connectivity index (χ3v) is 5.86. The van der Waals surface area contributed by atoms with E-state index in [0.717, 1.165) is 61.4 Å². The van der Waals surface area contributed by atoms with Crippen molar-refractivity contribution in [2.75, 3.05) is 52.3 Å². The van der Waals surface area contributed by atoms with Gasteiger partial charge in [0.05, 0.1) is 19.9 Å². The molecule has 140 valence electrons. The standard InChI is InChI=1S/C19H25N3O2S2/c1-23-15-5-6-18(24-2)17(14-15)20-19(25)22-11-9-21(10-12-22)8-7-16-4-3-13-26-16/h3-6,13-14H,7-12H2,1-2H3,(H,20,25). The highest BCUT2D eigenvalue weighted by atomic mass is 32.1. The minimum atomic E-state index is 0.731. The predicted octanol–water partition coefficient (Wildman–Crippen LogP) is 3.32. The van der Waals surface area contributed by atoms with Crippen LogP contribution in [0.4, 0.5) is 5.69 Å². The summed E-state index contributed by atoms with van der Waals surface area (Å²) in [5, 5.41) is 6.18. The fourth-order valence-electron chi connectivity index (χ4n) is 3.00. The number of methoxy groups -OCH3 is 2. The zero-order valence-corrected chi connectivity index (χ0v) is 16.9. The van der Waals surface area contributed by atoms with Crippen molar-refractivity contribution in [1.82, 2.24) is 9.80 Å². The first-order valence-corrected chi connectivity index (χ1v) is 10.0. The Kier molecular flexibility index (Phi) is 6.71. The van der Waals surface area contributed by atoms with Crippen LogP contribution in [0.25, 0.3) is 0 Å². The van der Waals surface area contributed by atoms with Crippen LogP contribution in [-0.4, -0.2) is 61.9 Å². The lowest BCUT2D eigenvalue weighted by Crippen LogP contribution is -2.50. The molecule has 0 spiro atoms. The first-order valence-electron chi connectivity index (χ1n) is 8.72. The second-order valence-corrected chi connectivity index (χ2v) is 7.57. The monoisotopic (exact) mass is 391 g/mol. The van der Waals surface area contributed by atoms with Crippen LogP contribution in [0.1, 0.15) is 4.88 Å². The normalized spacial score (nSPS) is 14.9. The predicted molar refractivity (Wildman–Crippen MR) is 112 cm³/mol. The second-order valence-electron chi connectivity index (χ2n) is 6.15. The number of hydrogen-bond acceptors (Lipinski definition) is 5. The van der Waals surface area contributed by atoms with Gasteiger partial charge in [-0.3, -0.25) is 4.90 Å². The zero-order valence-electron chi connectivity index (χ0n) is 15.2. The van der Waals surface area contributed by atoms with Crippen LogP contribution in [0.15, 0.2) is 35.7 Å². The quantitative estimate of drug-likeness (QED) is 0.762. The number of thiocarbonyl (C=S) groups is 1. The molecule has 0 radical (unpaired) electrons. The third-order valence-electron chi connectivity index (χ3n) is 4.56. The highest BCUT2D eigenvalue weighted by Gasteiger charge is 2.19. The highest BCUT2D eigenvalue weighted by Crippen LogP contribution is 2.29. The Hall–Kier alpha value is -1.83. The Labute approximate surface area is 164 Å². The molecule has 0 atom stereocenters. The van der Waals surface area contributed by atoms with Gasteiger partial charge in [-0.2, -0.15) is 0 Å². The van der Waals surface area contributed by atoms with Gasteiger partial charge in [-0.1, -0.05) is 6.07 Å². The summed E-state index contributed by atoms with van der Waals surface area (Å²) in [7, 11) is 3.31. The first-order chi connectivity index (χ1) is 12.7. The molecule has 1 aromatic heterocycles. The average molecular weight is 392 g/mol. The molecule has 0 aliphatic carbocycles. The number of hydrogen-bond donors (Lipinski definition) is 1. The summed E-state index contributed by atoms with van der Waals surface area (Å²) >= 11 is 7.45. The molecule has 0 unspecified atom stereocenters. The van der Waals surface area contributed by atoms with Crippen LogP contribution < -0.4 is 14.8 Å². The van der Waals surface area contributed by atoms with Crippen LogP contribution in [-0.2, 0) is 6.42 Å². The number of rotatable bonds is 6. The SMILES string of the molecule is COc1ccc(OC)c(NC(=S)N2CCN(CCc3cccs3)CC2)c1.